The van der Waals surface area contributed by atoms with E-state index in [1.165, 1.54) is 11.3 Å². The summed E-state index contributed by atoms with van der Waals surface area (Å²) in [5.41, 5.74) is 3.17. The molecule has 19 heavy (non-hydrogen) atoms. The minimum Gasteiger partial charge on any atom is -0.496 e. The Hall–Kier alpha value is -2.14. The van der Waals surface area contributed by atoms with Crippen molar-refractivity contribution in [3.05, 3.63) is 41.0 Å². The molecule has 0 fully saturated rings. The quantitative estimate of drug-likeness (QED) is 0.688. The van der Waals surface area contributed by atoms with Crippen LogP contribution in [0.1, 0.15) is 16.1 Å². The van der Waals surface area contributed by atoms with Gasteiger partial charge in [0.25, 0.3) is 0 Å². The summed E-state index contributed by atoms with van der Waals surface area (Å²) in [7, 11) is 1.62. The molecule has 0 radical (unpaired) electrons. The fourth-order valence-electron chi connectivity index (χ4n) is 2.12. The number of imidazole rings is 1. The number of methoxy groups -OCH3 is 1. The van der Waals surface area contributed by atoms with Crippen molar-refractivity contribution in [2.75, 3.05) is 7.11 Å². The third-order valence-electron chi connectivity index (χ3n) is 3.02. The van der Waals surface area contributed by atoms with E-state index in [2.05, 4.69) is 4.98 Å². The van der Waals surface area contributed by atoms with E-state index in [0.29, 0.717) is 11.4 Å². The Morgan fingerprint density at radius 2 is 2.26 bits per heavy atom. The lowest BCUT2D eigenvalue weighted by Gasteiger charge is -2.07. The summed E-state index contributed by atoms with van der Waals surface area (Å²) < 4.78 is 7.17. The van der Waals surface area contributed by atoms with Crippen LogP contribution in [0.3, 0.4) is 0 Å². The lowest BCUT2D eigenvalue weighted by Crippen LogP contribution is -1.93. The highest BCUT2D eigenvalue weighted by Crippen LogP contribution is 2.33. The summed E-state index contributed by atoms with van der Waals surface area (Å²) in [6.45, 7) is 2.00. The molecule has 0 saturated carbocycles. The maximum atomic E-state index is 11.4. The van der Waals surface area contributed by atoms with E-state index in [1.807, 2.05) is 36.7 Å². The first kappa shape index (κ1) is 11.9. The van der Waals surface area contributed by atoms with Gasteiger partial charge < -0.3 is 4.74 Å². The molecule has 0 spiro atoms. The molecule has 0 aliphatic carbocycles. The second-order valence-corrected chi connectivity index (χ2v) is 5.10. The summed E-state index contributed by atoms with van der Waals surface area (Å²) in [4.78, 5) is 16.7. The van der Waals surface area contributed by atoms with Crippen molar-refractivity contribution in [3.8, 4) is 17.0 Å². The van der Waals surface area contributed by atoms with E-state index in [4.69, 9.17) is 4.74 Å². The number of aldehydes is 1. The van der Waals surface area contributed by atoms with Gasteiger partial charge in [-0.1, -0.05) is 11.6 Å². The highest BCUT2D eigenvalue weighted by Gasteiger charge is 2.17. The number of ether oxygens (including phenoxy) is 1. The largest absolute Gasteiger partial charge is 0.496 e. The van der Waals surface area contributed by atoms with Gasteiger partial charge >= 0.3 is 0 Å². The molecule has 0 saturated heterocycles. The molecule has 5 heteroatoms. The Bertz CT molecular complexity index is 758. The standard InChI is InChI=1S/C14H12N2O2S/c1-9-3-4-12(18-2)10(7-9)13-11(8-17)16-5-6-19-14(16)15-13/h3-8H,1-2H3. The molecule has 3 rings (SSSR count). The van der Waals surface area contributed by atoms with Crippen LogP contribution >= 0.6 is 11.3 Å². The van der Waals surface area contributed by atoms with Gasteiger partial charge in [0.05, 0.1) is 7.11 Å². The molecule has 1 aromatic carbocycles. The van der Waals surface area contributed by atoms with Crippen molar-refractivity contribution in [3.63, 3.8) is 0 Å². The summed E-state index contributed by atoms with van der Waals surface area (Å²) in [6.07, 6.45) is 2.69. The van der Waals surface area contributed by atoms with Crippen LogP contribution in [0.2, 0.25) is 0 Å². The Morgan fingerprint density at radius 1 is 1.42 bits per heavy atom. The number of fused-ring (bicyclic) bond motifs is 1. The predicted molar refractivity (Wildman–Crippen MR) is 75.2 cm³/mol. The van der Waals surface area contributed by atoms with Crippen molar-refractivity contribution < 1.29 is 9.53 Å². The van der Waals surface area contributed by atoms with Gasteiger partial charge in [0.2, 0.25) is 0 Å². The number of aryl methyl sites for hydroxylation is 1. The number of thiazole rings is 1. The first-order valence-corrected chi connectivity index (χ1v) is 6.68. The van der Waals surface area contributed by atoms with Gasteiger partial charge in [-0.25, -0.2) is 4.98 Å². The van der Waals surface area contributed by atoms with Crippen LogP contribution in [0, 0.1) is 6.92 Å². The van der Waals surface area contributed by atoms with E-state index in [-0.39, 0.29) is 0 Å². The van der Waals surface area contributed by atoms with Gasteiger partial charge in [0.15, 0.2) is 11.2 Å². The highest BCUT2D eigenvalue weighted by atomic mass is 32.1. The monoisotopic (exact) mass is 272 g/mol. The number of aromatic nitrogens is 2. The van der Waals surface area contributed by atoms with Crippen molar-refractivity contribution in [2.24, 2.45) is 0 Å². The van der Waals surface area contributed by atoms with Crippen LogP contribution in [-0.2, 0) is 0 Å². The topological polar surface area (TPSA) is 43.6 Å². The maximum Gasteiger partial charge on any atom is 0.194 e. The van der Waals surface area contributed by atoms with Crippen LogP contribution < -0.4 is 4.74 Å². The lowest BCUT2D eigenvalue weighted by atomic mass is 10.1. The number of hydrogen-bond acceptors (Lipinski definition) is 4. The van der Waals surface area contributed by atoms with Gasteiger partial charge in [-0.3, -0.25) is 9.20 Å². The molecule has 0 N–H and O–H groups in total. The van der Waals surface area contributed by atoms with Crippen molar-refractivity contribution >= 4 is 22.6 Å². The minimum absolute atomic E-state index is 0.556. The smallest absolute Gasteiger partial charge is 0.194 e. The molecular formula is C14H12N2O2S. The van der Waals surface area contributed by atoms with E-state index in [1.54, 1.807) is 11.5 Å². The molecule has 0 bridgehead atoms. The second kappa shape index (κ2) is 4.51. The third-order valence-corrected chi connectivity index (χ3v) is 3.78. The van der Waals surface area contributed by atoms with E-state index in [9.17, 15) is 4.79 Å². The average Bonchev–Trinajstić information content (AvgIpc) is 2.98. The maximum absolute atomic E-state index is 11.4. The Labute approximate surface area is 114 Å². The summed E-state index contributed by atoms with van der Waals surface area (Å²) in [5.74, 6) is 0.722. The fraction of sp³-hybridized carbons (Fsp3) is 0.143. The number of carbonyl (C=O) groups excluding carboxylic acids is 1. The number of benzene rings is 1. The molecule has 0 atom stereocenters. The lowest BCUT2D eigenvalue weighted by molar-refractivity contribution is 0.111. The van der Waals surface area contributed by atoms with Crippen LogP contribution in [0.4, 0.5) is 0 Å². The molecular weight excluding hydrogens is 260 g/mol. The fourth-order valence-corrected chi connectivity index (χ4v) is 2.84. The Morgan fingerprint density at radius 3 is 3.00 bits per heavy atom. The van der Waals surface area contributed by atoms with Gasteiger partial charge in [-0.2, -0.15) is 0 Å². The summed E-state index contributed by atoms with van der Waals surface area (Å²) in [6, 6.07) is 5.85. The highest BCUT2D eigenvalue weighted by molar-refractivity contribution is 7.15. The van der Waals surface area contributed by atoms with E-state index >= 15 is 0 Å². The van der Waals surface area contributed by atoms with Gasteiger partial charge in [0.1, 0.15) is 17.1 Å². The van der Waals surface area contributed by atoms with Crippen LogP contribution in [0.15, 0.2) is 29.8 Å². The number of hydrogen-bond donors (Lipinski definition) is 0. The zero-order valence-electron chi connectivity index (χ0n) is 10.6. The Balaban J connectivity index is 2.31. The third kappa shape index (κ3) is 1.82. The van der Waals surface area contributed by atoms with Crippen LogP contribution in [0.25, 0.3) is 16.2 Å². The van der Waals surface area contributed by atoms with Gasteiger partial charge in [0, 0.05) is 17.1 Å². The minimum atomic E-state index is 0.556. The average molecular weight is 272 g/mol. The van der Waals surface area contributed by atoms with Crippen molar-refractivity contribution in [1.29, 1.82) is 0 Å². The van der Waals surface area contributed by atoms with Gasteiger partial charge in [-0.15, -0.1) is 11.3 Å². The molecule has 0 amide bonds. The zero-order valence-corrected chi connectivity index (χ0v) is 11.4. The van der Waals surface area contributed by atoms with Crippen molar-refractivity contribution in [2.45, 2.75) is 6.92 Å². The first-order valence-electron chi connectivity index (χ1n) is 5.80. The summed E-state index contributed by atoms with van der Waals surface area (Å²) >= 11 is 1.50. The second-order valence-electron chi connectivity index (χ2n) is 4.22. The van der Waals surface area contributed by atoms with Crippen LogP contribution in [0.5, 0.6) is 5.75 Å². The predicted octanol–water partition coefficient (Wildman–Crippen LogP) is 3.19. The van der Waals surface area contributed by atoms with Gasteiger partial charge in [-0.05, 0) is 19.1 Å². The molecule has 96 valence electrons. The van der Waals surface area contributed by atoms with Crippen LogP contribution in [-0.4, -0.2) is 22.8 Å². The van der Waals surface area contributed by atoms with E-state index < -0.39 is 0 Å². The van der Waals surface area contributed by atoms with E-state index in [0.717, 1.165) is 28.1 Å². The molecule has 3 aromatic rings. The number of rotatable bonds is 3. The number of nitrogens with zero attached hydrogens (tertiary/aromatic N) is 2. The first-order chi connectivity index (χ1) is 9.24. The normalized spacial score (nSPS) is 10.8. The van der Waals surface area contributed by atoms with Crippen molar-refractivity contribution in [1.82, 2.24) is 9.38 Å². The number of carbonyl (C=O) groups is 1. The molecule has 0 unspecified atom stereocenters. The molecule has 4 nitrogen and oxygen atoms in total. The molecule has 0 aliphatic rings. The Kier molecular flexibility index (Phi) is 2.83. The zero-order chi connectivity index (χ0) is 13.4. The SMILES string of the molecule is COc1ccc(C)cc1-c1nc2sccn2c1C=O. The molecule has 2 aromatic heterocycles. The summed E-state index contributed by atoms with van der Waals surface area (Å²) in [5, 5.41) is 1.91. The molecule has 2 heterocycles. The molecule has 0 aliphatic heterocycles.